The van der Waals surface area contributed by atoms with Crippen LogP contribution < -0.4 is 7.16 Å². The molecule has 0 N–H and O–H groups in total. The van der Waals surface area contributed by atoms with Gasteiger partial charge in [-0.15, -0.1) is 0 Å². The Morgan fingerprint density at radius 2 is 0.793 bits per heavy atom. The molecule has 29 heavy (non-hydrogen) atoms. The van der Waals surface area contributed by atoms with Gasteiger partial charge in [-0.3, -0.25) is 0 Å². The monoisotopic (exact) mass is 500 g/mol. The van der Waals surface area contributed by atoms with Crippen LogP contribution in [0.4, 0.5) is 0 Å². The number of benzene rings is 2. The van der Waals surface area contributed by atoms with E-state index >= 15 is 0 Å². The van der Waals surface area contributed by atoms with Crippen LogP contribution >= 0.6 is 0 Å². The van der Waals surface area contributed by atoms with Gasteiger partial charge in [-0.2, -0.15) is 0 Å². The van der Waals surface area contributed by atoms with Gasteiger partial charge in [-0.25, -0.2) is 0 Å². The summed E-state index contributed by atoms with van der Waals surface area (Å²) < 4.78 is 6.44. The molecule has 0 nitrogen and oxygen atoms in total. The second-order valence-corrected chi connectivity index (χ2v) is 21.2. The van der Waals surface area contributed by atoms with E-state index in [2.05, 4.69) is 74.5 Å². The maximum atomic E-state index is 2.47. The first-order chi connectivity index (χ1) is 14.3. The van der Waals surface area contributed by atoms with Gasteiger partial charge in [0.15, 0.2) is 0 Å². The van der Waals surface area contributed by atoms with Gasteiger partial charge in [-0.05, 0) is 0 Å². The van der Waals surface area contributed by atoms with Crippen molar-refractivity contribution < 1.29 is 0 Å². The molecule has 0 saturated carbocycles. The summed E-state index contributed by atoms with van der Waals surface area (Å²) in [6.07, 6.45) is 16.9. The zero-order valence-corrected chi connectivity index (χ0v) is 22.0. The fourth-order valence-electron chi connectivity index (χ4n) is 4.80. The van der Waals surface area contributed by atoms with Crippen molar-refractivity contribution in [1.29, 1.82) is 0 Å². The molecule has 0 unspecified atom stereocenters. The Hall–Kier alpha value is -0.761. The van der Waals surface area contributed by atoms with Crippen LogP contribution in [-0.4, -0.2) is 18.4 Å². The molecule has 0 bridgehead atoms. The van der Waals surface area contributed by atoms with Gasteiger partial charge < -0.3 is 0 Å². The van der Waals surface area contributed by atoms with Crippen LogP contribution in [-0.2, 0) is 0 Å². The summed E-state index contributed by atoms with van der Waals surface area (Å²) in [5.41, 5.74) is 0. The van der Waals surface area contributed by atoms with Crippen LogP contribution in [0.3, 0.4) is 0 Å². The SMILES string of the molecule is CCCCCCC[CH2][Sn]([CH2]CCCCCCC)([c]1ccccc1)[c]1ccccc1. The summed E-state index contributed by atoms with van der Waals surface area (Å²) in [5, 5.41) is 0. The molecule has 2 aromatic rings. The van der Waals surface area contributed by atoms with Gasteiger partial charge in [0, 0.05) is 0 Å². The molecule has 0 saturated heterocycles. The second kappa shape index (κ2) is 15.1. The average Bonchev–Trinajstić information content (AvgIpc) is 2.78. The van der Waals surface area contributed by atoms with E-state index in [9.17, 15) is 0 Å². The Bertz CT molecular complexity index is 562. The Morgan fingerprint density at radius 1 is 0.448 bits per heavy atom. The zero-order chi connectivity index (χ0) is 20.6. The van der Waals surface area contributed by atoms with E-state index in [1.54, 1.807) is 7.16 Å². The van der Waals surface area contributed by atoms with Crippen LogP contribution in [0.5, 0.6) is 0 Å². The van der Waals surface area contributed by atoms with E-state index in [-0.39, 0.29) is 0 Å². The van der Waals surface area contributed by atoms with E-state index in [1.807, 2.05) is 0 Å². The molecule has 1 heteroatoms. The standard InChI is InChI=1S/2C8H17.2C6H5.Sn/c2*1-3-5-7-8-6-4-2;2*1-2-4-6-5-3-1;/h2*1,3-8H2,2H3;2*1-5H;. The zero-order valence-electron chi connectivity index (χ0n) is 19.2. The van der Waals surface area contributed by atoms with E-state index in [0.717, 1.165) is 0 Å². The summed E-state index contributed by atoms with van der Waals surface area (Å²) in [5.74, 6) is 0. The molecule has 0 aromatic heterocycles. The number of rotatable bonds is 16. The summed E-state index contributed by atoms with van der Waals surface area (Å²) in [6.45, 7) is 4.62. The van der Waals surface area contributed by atoms with Gasteiger partial charge in [-0.1, -0.05) is 0 Å². The fourth-order valence-corrected chi connectivity index (χ4v) is 19.4. The molecule has 2 rings (SSSR count). The van der Waals surface area contributed by atoms with Crippen LogP contribution in [0, 0.1) is 0 Å². The first kappa shape index (κ1) is 24.5. The third kappa shape index (κ3) is 8.48. The van der Waals surface area contributed by atoms with Crippen LogP contribution in [0.25, 0.3) is 0 Å². The molecular formula is C28H44Sn. The van der Waals surface area contributed by atoms with Crippen molar-refractivity contribution in [3.8, 4) is 0 Å². The van der Waals surface area contributed by atoms with Crippen molar-refractivity contribution in [2.75, 3.05) is 0 Å². The Morgan fingerprint density at radius 3 is 1.17 bits per heavy atom. The van der Waals surface area contributed by atoms with Crippen LogP contribution in [0.1, 0.15) is 90.9 Å². The number of hydrogen-bond donors (Lipinski definition) is 0. The number of unbranched alkanes of at least 4 members (excludes halogenated alkanes) is 10. The third-order valence-electron chi connectivity index (χ3n) is 6.57. The maximum absolute atomic E-state index is 2.64. The van der Waals surface area contributed by atoms with Crippen LogP contribution in [0.2, 0.25) is 8.87 Å². The minimum absolute atomic E-state index is 1.34. The summed E-state index contributed by atoms with van der Waals surface area (Å²) in [6, 6.07) is 23.4. The number of hydrogen-bond acceptors (Lipinski definition) is 0. The summed E-state index contributed by atoms with van der Waals surface area (Å²) >= 11 is -2.64. The Balaban J connectivity index is 2.13. The molecule has 0 atom stereocenters. The topological polar surface area (TPSA) is 0 Å². The van der Waals surface area contributed by atoms with E-state index < -0.39 is 18.4 Å². The molecule has 0 aliphatic rings. The average molecular weight is 499 g/mol. The normalized spacial score (nSPS) is 11.7. The molecule has 2 aromatic carbocycles. The van der Waals surface area contributed by atoms with Gasteiger partial charge >= 0.3 is 186 Å². The van der Waals surface area contributed by atoms with Gasteiger partial charge in [0.25, 0.3) is 0 Å². The summed E-state index contributed by atoms with van der Waals surface area (Å²) in [4.78, 5) is 0. The molecule has 160 valence electrons. The third-order valence-corrected chi connectivity index (χ3v) is 21.7. The quantitative estimate of drug-likeness (QED) is 0.162. The molecular weight excluding hydrogens is 455 g/mol. The first-order valence-corrected chi connectivity index (χ1v) is 19.3. The van der Waals surface area contributed by atoms with Gasteiger partial charge in [0.2, 0.25) is 0 Å². The van der Waals surface area contributed by atoms with Crippen molar-refractivity contribution in [2.24, 2.45) is 0 Å². The van der Waals surface area contributed by atoms with Crippen molar-refractivity contribution in [3.05, 3.63) is 60.7 Å². The molecule has 0 fully saturated rings. The molecule has 0 spiro atoms. The van der Waals surface area contributed by atoms with Crippen molar-refractivity contribution in [3.63, 3.8) is 0 Å². The van der Waals surface area contributed by atoms with Gasteiger partial charge in [0.1, 0.15) is 0 Å². The molecule has 0 radical (unpaired) electrons. The summed E-state index contributed by atoms with van der Waals surface area (Å²) in [7, 11) is 0. The van der Waals surface area contributed by atoms with Crippen molar-refractivity contribution >= 4 is 25.5 Å². The fraction of sp³-hybridized carbons (Fsp3) is 0.571. The van der Waals surface area contributed by atoms with Gasteiger partial charge in [0.05, 0.1) is 0 Å². The first-order valence-electron chi connectivity index (χ1n) is 12.4. The Kier molecular flexibility index (Phi) is 12.8. The van der Waals surface area contributed by atoms with E-state index in [4.69, 9.17) is 0 Å². The Labute approximate surface area is 185 Å². The second-order valence-electron chi connectivity index (χ2n) is 8.85. The molecule has 0 heterocycles. The predicted molar refractivity (Wildman–Crippen MR) is 134 cm³/mol. The van der Waals surface area contributed by atoms with E-state index in [0.29, 0.717) is 0 Å². The van der Waals surface area contributed by atoms with E-state index in [1.165, 1.54) is 85.9 Å². The van der Waals surface area contributed by atoms with Crippen molar-refractivity contribution in [2.45, 2.75) is 99.8 Å². The predicted octanol–water partition coefficient (Wildman–Crippen LogP) is 7.97. The molecule has 0 amide bonds. The van der Waals surface area contributed by atoms with Crippen molar-refractivity contribution in [1.82, 2.24) is 0 Å². The van der Waals surface area contributed by atoms with Crippen LogP contribution in [0.15, 0.2) is 60.7 Å². The molecule has 0 aliphatic carbocycles. The molecule has 0 aliphatic heterocycles. The minimum atomic E-state index is -2.64.